The van der Waals surface area contributed by atoms with Gasteiger partial charge in [-0.2, -0.15) is 0 Å². The minimum atomic E-state index is -1.32. The lowest BCUT2D eigenvalue weighted by molar-refractivity contribution is -0.0643. The van der Waals surface area contributed by atoms with Crippen LogP contribution in [0.1, 0.15) is 55.3 Å². The number of fused-ring (bicyclic) bond motifs is 3. The maximum atomic E-state index is 12.1. The molecular weight excluding hydrogens is 568 g/mol. The summed E-state index contributed by atoms with van der Waals surface area (Å²) in [7, 11) is 4.79. The Kier molecular flexibility index (Phi) is 7.39. The van der Waals surface area contributed by atoms with Crippen molar-refractivity contribution < 1.29 is 47.7 Å². The standard InChI is InChI=1S/C34H38O10/c1-18(2)11-29-31(19-9-10-22-26(12-19)42-17-41-22)44-28-14-25(38-5)20(13-27(28)43-29)32-21-15-39-33(34(21,35)16-40-32)30-23(36-3)7-6-8-24(30)37-4/h6-10,12-14,18,21,29,31-33,35H,11,15-17H2,1-5H3/t21-,29-,31-,32-,33-,34-/m1/s1. The van der Waals surface area contributed by atoms with Crippen molar-refractivity contribution in [2.24, 2.45) is 11.8 Å². The Morgan fingerprint density at radius 3 is 2.27 bits per heavy atom. The van der Waals surface area contributed by atoms with E-state index < -0.39 is 17.8 Å². The van der Waals surface area contributed by atoms with Crippen LogP contribution in [0.25, 0.3) is 0 Å². The van der Waals surface area contributed by atoms with Crippen LogP contribution in [0.3, 0.4) is 0 Å². The number of benzene rings is 3. The molecule has 7 rings (SSSR count). The van der Waals surface area contributed by atoms with Crippen molar-refractivity contribution in [3.05, 3.63) is 65.2 Å². The molecule has 10 heteroatoms. The van der Waals surface area contributed by atoms with Gasteiger partial charge in [0.15, 0.2) is 29.1 Å². The average molecular weight is 607 g/mol. The van der Waals surface area contributed by atoms with Crippen LogP contribution < -0.4 is 33.2 Å². The fraction of sp³-hybridized carbons (Fsp3) is 0.471. The van der Waals surface area contributed by atoms with Gasteiger partial charge in [0.1, 0.15) is 35.1 Å². The zero-order valence-electron chi connectivity index (χ0n) is 25.5. The first kappa shape index (κ1) is 28.9. The molecule has 4 aliphatic rings. The van der Waals surface area contributed by atoms with E-state index in [1.165, 1.54) is 0 Å². The van der Waals surface area contributed by atoms with Crippen molar-refractivity contribution in [1.29, 1.82) is 0 Å². The van der Waals surface area contributed by atoms with Crippen molar-refractivity contribution in [2.45, 2.75) is 50.3 Å². The second-order valence-electron chi connectivity index (χ2n) is 12.1. The number of ether oxygens (including phenoxy) is 9. The molecule has 0 unspecified atom stereocenters. The summed E-state index contributed by atoms with van der Waals surface area (Å²) in [5, 5.41) is 12.1. The van der Waals surface area contributed by atoms with Gasteiger partial charge in [0.2, 0.25) is 6.79 Å². The summed E-state index contributed by atoms with van der Waals surface area (Å²) < 4.78 is 54.2. The molecule has 2 saturated heterocycles. The minimum absolute atomic E-state index is 0.0635. The smallest absolute Gasteiger partial charge is 0.231 e. The van der Waals surface area contributed by atoms with E-state index in [-0.39, 0.29) is 38.1 Å². The first-order valence-electron chi connectivity index (χ1n) is 15.0. The monoisotopic (exact) mass is 606 g/mol. The molecule has 0 bridgehead atoms. The SMILES string of the molecule is COc1cc2c(cc1[C@H]1OC[C@]3(O)[C@@H](c4c(OC)cccc4OC)OC[C@H]13)O[C@H](CC(C)C)[C@@H](c1ccc3c(c1)OCO3)O2. The molecule has 2 fully saturated rings. The second kappa shape index (κ2) is 11.3. The van der Waals surface area contributed by atoms with E-state index in [0.29, 0.717) is 46.0 Å². The summed E-state index contributed by atoms with van der Waals surface area (Å²) in [4.78, 5) is 0. The van der Waals surface area contributed by atoms with Gasteiger partial charge in [0.05, 0.1) is 46.2 Å². The predicted molar refractivity (Wildman–Crippen MR) is 158 cm³/mol. The van der Waals surface area contributed by atoms with E-state index in [1.54, 1.807) is 21.3 Å². The van der Waals surface area contributed by atoms with Crippen LogP contribution in [0, 0.1) is 11.8 Å². The quantitative estimate of drug-likeness (QED) is 0.351. The van der Waals surface area contributed by atoms with Crippen molar-refractivity contribution in [1.82, 2.24) is 0 Å². The van der Waals surface area contributed by atoms with Gasteiger partial charge in [-0.1, -0.05) is 26.0 Å². The highest BCUT2D eigenvalue weighted by Gasteiger charge is 2.61. The Morgan fingerprint density at radius 1 is 0.818 bits per heavy atom. The summed E-state index contributed by atoms with van der Waals surface area (Å²) in [5.41, 5.74) is 1.04. The molecule has 0 saturated carbocycles. The van der Waals surface area contributed by atoms with Gasteiger partial charge >= 0.3 is 0 Å². The summed E-state index contributed by atoms with van der Waals surface area (Å²) >= 11 is 0. The van der Waals surface area contributed by atoms with Crippen LogP contribution in [-0.2, 0) is 9.47 Å². The normalized spacial score (nSPS) is 28.2. The summed E-state index contributed by atoms with van der Waals surface area (Å²) in [5.74, 6) is 4.31. The average Bonchev–Trinajstić information content (AvgIpc) is 3.72. The molecule has 0 spiro atoms. The molecule has 3 aromatic carbocycles. The van der Waals surface area contributed by atoms with Crippen molar-refractivity contribution in [2.75, 3.05) is 41.3 Å². The molecule has 44 heavy (non-hydrogen) atoms. The third-order valence-electron chi connectivity index (χ3n) is 9.03. The van der Waals surface area contributed by atoms with E-state index >= 15 is 0 Å². The van der Waals surface area contributed by atoms with Crippen molar-refractivity contribution >= 4 is 0 Å². The Morgan fingerprint density at radius 2 is 1.55 bits per heavy atom. The van der Waals surface area contributed by atoms with Gasteiger partial charge in [0, 0.05) is 23.1 Å². The maximum absolute atomic E-state index is 12.1. The zero-order chi connectivity index (χ0) is 30.6. The van der Waals surface area contributed by atoms with Crippen LogP contribution in [0.5, 0.6) is 40.2 Å². The van der Waals surface area contributed by atoms with Gasteiger partial charge in [-0.05, 0) is 42.7 Å². The third-order valence-corrected chi connectivity index (χ3v) is 9.03. The first-order chi connectivity index (χ1) is 21.3. The van der Waals surface area contributed by atoms with Crippen molar-refractivity contribution in [3.8, 4) is 40.2 Å². The number of hydrogen-bond donors (Lipinski definition) is 1. The van der Waals surface area contributed by atoms with Gasteiger partial charge in [-0.3, -0.25) is 0 Å². The van der Waals surface area contributed by atoms with Crippen LogP contribution in [-0.4, -0.2) is 58.1 Å². The molecule has 3 aromatic rings. The number of methoxy groups -OCH3 is 3. The lowest BCUT2D eigenvalue weighted by Crippen LogP contribution is -2.39. The Hall–Kier alpha value is -3.86. The maximum Gasteiger partial charge on any atom is 0.231 e. The number of hydrogen-bond acceptors (Lipinski definition) is 10. The Balaban J connectivity index is 1.21. The lowest BCUT2D eigenvalue weighted by Gasteiger charge is -2.36. The zero-order valence-corrected chi connectivity index (χ0v) is 25.5. The largest absolute Gasteiger partial charge is 0.496 e. The number of aliphatic hydroxyl groups is 1. The van der Waals surface area contributed by atoms with Crippen LogP contribution in [0.15, 0.2) is 48.5 Å². The molecule has 10 nitrogen and oxygen atoms in total. The second-order valence-corrected chi connectivity index (χ2v) is 12.1. The topological polar surface area (TPSA) is 103 Å². The molecule has 4 heterocycles. The summed E-state index contributed by atoms with van der Waals surface area (Å²) in [6.07, 6.45) is -1.04. The molecule has 0 amide bonds. The van der Waals surface area contributed by atoms with E-state index in [1.807, 2.05) is 48.5 Å². The molecule has 0 aliphatic carbocycles. The van der Waals surface area contributed by atoms with Crippen LogP contribution >= 0.6 is 0 Å². The van der Waals surface area contributed by atoms with Crippen LogP contribution in [0.2, 0.25) is 0 Å². The van der Waals surface area contributed by atoms with Gasteiger partial charge in [0.25, 0.3) is 0 Å². The highest BCUT2D eigenvalue weighted by Crippen LogP contribution is 2.58. The predicted octanol–water partition coefficient (Wildman–Crippen LogP) is 5.56. The highest BCUT2D eigenvalue weighted by atomic mass is 16.7. The van der Waals surface area contributed by atoms with Crippen molar-refractivity contribution in [3.63, 3.8) is 0 Å². The molecule has 0 aromatic heterocycles. The van der Waals surface area contributed by atoms with Gasteiger partial charge in [-0.25, -0.2) is 0 Å². The molecule has 0 radical (unpaired) electrons. The fourth-order valence-corrected chi connectivity index (χ4v) is 6.92. The van der Waals surface area contributed by atoms with E-state index in [2.05, 4.69) is 13.8 Å². The fourth-order valence-electron chi connectivity index (χ4n) is 6.92. The molecule has 4 aliphatic heterocycles. The van der Waals surface area contributed by atoms with Crippen LogP contribution in [0.4, 0.5) is 0 Å². The third kappa shape index (κ3) is 4.67. The van der Waals surface area contributed by atoms with Gasteiger partial charge in [-0.15, -0.1) is 0 Å². The Bertz CT molecular complexity index is 1520. The number of rotatable bonds is 8. The minimum Gasteiger partial charge on any atom is -0.496 e. The molecule has 234 valence electrons. The molecule has 6 atom stereocenters. The Labute approximate surface area is 256 Å². The van der Waals surface area contributed by atoms with E-state index in [9.17, 15) is 5.11 Å². The lowest BCUT2D eigenvalue weighted by atomic mass is 9.80. The van der Waals surface area contributed by atoms with E-state index in [4.69, 9.17) is 42.6 Å². The highest BCUT2D eigenvalue weighted by molar-refractivity contribution is 5.55. The first-order valence-corrected chi connectivity index (χ1v) is 15.0. The van der Waals surface area contributed by atoms with Gasteiger partial charge < -0.3 is 47.7 Å². The summed E-state index contributed by atoms with van der Waals surface area (Å²) in [6, 6.07) is 15.1. The molecule has 1 N–H and O–H groups in total. The van der Waals surface area contributed by atoms with E-state index in [0.717, 1.165) is 23.3 Å². The summed E-state index contributed by atoms with van der Waals surface area (Å²) in [6.45, 7) is 4.86. The molecular formula is C34H38O10.